The monoisotopic (exact) mass is 398 g/mol. The third-order valence-corrected chi connectivity index (χ3v) is 4.84. The topological polar surface area (TPSA) is 53.4 Å². The molecule has 28 heavy (non-hydrogen) atoms. The summed E-state index contributed by atoms with van der Waals surface area (Å²) in [6, 6.07) is 10.0. The lowest BCUT2D eigenvalue weighted by Crippen LogP contribution is -2.00. The van der Waals surface area contributed by atoms with Crippen molar-refractivity contribution in [2.45, 2.75) is 26.2 Å². The first kappa shape index (κ1) is 21.6. The summed E-state index contributed by atoms with van der Waals surface area (Å²) < 4.78 is 12.7. The summed E-state index contributed by atoms with van der Waals surface area (Å²) in [6.45, 7) is 11.9. The Morgan fingerprint density at radius 1 is 1.32 bits per heavy atom. The quantitative estimate of drug-likeness (QED) is 0.249. The van der Waals surface area contributed by atoms with Gasteiger partial charge in [-0.15, -0.1) is 11.8 Å². The van der Waals surface area contributed by atoms with Crippen LogP contribution in [0.25, 0.3) is 5.76 Å². The smallest absolute Gasteiger partial charge is 0.303 e. The van der Waals surface area contributed by atoms with Crippen LogP contribution in [-0.2, 0) is 33.7 Å². The number of hydrogen-bond donors (Lipinski definition) is 0. The number of allylic oxidation sites excluding steroid dienone is 1. The van der Waals surface area contributed by atoms with Crippen LogP contribution in [0.1, 0.15) is 29.4 Å². The minimum absolute atomic E-state index is 0.182. The molecule has 148 valence electrons. The fourth-order valence-electron chi connectivity index (χ4n) is 2.50. The predicted molar refractivity (Wildman–Crippen MR) is 114 cm³/mol. The minimum Gasteiger partial charge on any atom is -0.489 e. The maximum absolute atomic E-state index is 10.9. The Bertz CT molecular complexity index is 884. The number of carbonyl (C=O) groups excluding carboxylic acids is 1. The summed E-state index contributed by atoms with van der Waals surface area (Å²) in [6.07, 6.45) is 3.68. The van der Waals surface area contributed by atoms with Gasteiger partial charge in [-0.2, -0.15) is 5.10 Å². The van der Waals surface area contributed by atoms with E-state index in [-0.39, 0.29) is 12.6 Å². The molecule has 0 N–H and O–H groups in total. The number of nitrogens with zero attached hydrogens (tertiary/aromatic N) is 2. The fourth-order valence-corrected chi connectivity index (χ4v) is 3.30. The Morgan fingerprint density at radius 3 is 2.75 bits per heavy atom. The van der Waals surface area contributed by atoms with Gasteiger partial charge in [-0.3, -0.25) is 9.48 Å². The molecule has 2 rings (SSSR count). The van der Waals surface area contributed by atoms with E-state index in [1.54, 1.807) is 22.5 Å². The maximum Gasteiger partial charge on any atom is 0.303 e. The van der Waals surface area contributed by atoms with Crippen molar-refractivity contribution in [3.63, 3.8) is 0 Å². The van der Waals surface area contributed by atoms with Gasteiger partial charge in [-0.25, -0.2) is 0 Å². The lowest BCUT2D eigenvalue weighted by atomic mass is 10.1. The van der Waals surface area contributed by atoms with Gasteiger partial charge in [-0.1, -0.05) is 43.5 Å². The van der Waals surface area contributed by atoms with Crippen LogP contribution in [-0.4, -0.2) is 22.4 Å². The van der Waals surface area contributed by atoms with Gasteiger partial charge in [-0.05, 0) is 24.6 Å². The number of aromatic nitrogens is 2. The number of ether oxygens (including phenoxy) is 2. The van der Waals surface area contributed by atoms with E-state index in [1.807, 2.05) is 37.4 Å². The lowest BCUT2D eigenvalue weighted by Gasteiger charge is -2.12. The van der Waals surface area contributed by atoms with Crippen LogP contribution in [0.4, 0.5) is 0 Å². The van der Waals surface area contributed by atoms with Crippen LogP contribution in [0.5, 0.6) is 0 Å². The highest BCUT2D eigenvalue weighted by Crippen LogP contribution is 2.27. The minimum atomic E-state index is -0.316. The molecule has 0 aliphatic carbocycles. The summed E-state index contributed by atoms with van der Waals surface area (Å²) in [7, 11) is 1.87. The van der Waals surface area contributed by atoms with Gasteiger partial charge in [0.2, 0.25) is 0 Å². The number of hydrogen-bond acceptors (Lipinski definition) is 5. The molecule has 0 fully saturated rings. The third kappa shape index (κ3) is 6.46. The van der Waals surface area contributed by atoms with Crippen molar-refractivity contribution < 1.29 is 14.3 Å². The van der Waals surface area contributed by atoms with E-state index in [0.717, 1.165) is 33.2 Å². The van der Waals surface area contributed by atoms with E-state index < -0.39 is 0 Å². The summed E-state index contributed by atoms with van der Waals surface area (Å²) in [5.41, 5.74) is 3.92. The standard InChI is InChI=1S/C22H26N2O3S/c1-6-11-26-22(21-10-8-7-9-16(21)2)12-17(3)28-15-20-13-19(23-24(20)5)14-27-18(4)25/h6-10,12-13H,1,3,11,14-15H2,2,4-5H3/b22-12+. The number of rotatable bonds is 10. The molecule has 0 saturated carbocycles. The van der Waals surface area contributed by atoms with Gasteiger partial charge < -0.3 is 9.47 Å². The van der Waals surface area contributed by atoms with Crippen molar-refractivity contribution in [1.29, 1.82) is 0 Å². The zero-order valence-corrected chi connectivity index (χ0v) is 17.4. The second kappa shape index (κ2) is 10.6. The molecule has 0 saturated heterocycles. The van der Waals surface area contributed by atoms with E-state index >= 15 is 0 Å². The zero-order chi connectivity index (χ0) is 20.5. The van der Waals surface area contributed by atoms with Crippen molar-refractivity contribution in [1.82, 2.24) is 9.78 Å². The van der Waals surface area contributed by atoms with Gasteiger partial charge >= 0.3 is 5.97 Å². The molecule has 0 amide bonds. The molecule has 0 radical (unpaired) electrons. The average Bonchev–Trinajstić information content (AvgIpc) is 3.02. The normalized spacial score (nSPS) is 11.2. The molecule has 5 nitrogen and oxygen atoms in total. The highest BCUT2D eigenvalue weighted by atomic mass is 32.2. The summed E-state index contributed by atoms with van der Waals surface area (Å²) in [5, 5.41) is 4.37. The van der Waals surface area contributed by atoms with Crippen molar-refractivity contribution in [3.8, 4) is 0 Å². The number of benzene rings is 1. The maximum atomic E-state index is 10.9. The highest BCUT2D eigenvalue weighted by molar-refractivity contribution is 8.02. The Morgan fingerprint density at radius 2 is 2.07 bits per heavy atom. The first-order valence-corrected chi connectivity index (χ1v) is 9.87. The van der Waals surface area contributed by atoms with Gasteiger partial charge in [0.15, 0.2) is 0 Å². The first-order valence-electron chi connectivity index (χ1n) is 8.89. The molecule has 0 aliphatic heterocycles. The molecule has 1 heterocycles. The van der Waals surface area contributed by atoms with Gasteiger partial charge in [0, 0.05) is 35.9 Å². The number of carbonyl (C=O) groups is 1. The van der Waals surface area contributed by atoms with Crippen LogP contribution in [0.2, 0.25) is 0 Å². The summed E-state index contributed by atoms with van der Waals surface area (Å²) in [5.74, 6) is 1.15. The van der Waals surface area contributed by atoms with Gasteiger partial charge in [0.25, 0.3) is 0 Å². The molecule has 0 aliphatic rings. The molecule has 6 heteroatoms. The van der Waals surface area contributed by atoms with E-state index in [4.69, 9.17) is 9.47 Å². The molecule has 0 spiro atoms. The Hall–Kier alpha value is -2.73. The Kier molecular flexibility index (Phi) is 8.14. The van der Waals surface area contributed by atoms with Crippen LogP contribution < -0.4 is 0 Å². The predicted octanol–water partition coefficient (Wildman–Crippen LogP) is 4.78. The summed E-state index contributed by atoms with van der Waals surface area (Å²) >= 11 is 1.60. The molecule has 1 aromatic heterocycles. The molecular formula is C22H26N2O3S. The average molecular weight is 399 g/mol. The zero-order valence-electron chi connectivity index (χ0n) is 16.6. The first-order chi connectivity index (χ1) is 13.4. The van der Waals surface area contributed by atoms with Crippen molar-refractivity contribution in [2.75, 3.05) is 6.61 Å². The van der Waals surface area contributed by atoms with Crippen LogP contribution in [0.3, 0.4) is 0 Å². The second-order valence-corrected chi connectivity index (χ2v) is 7.31. The van der Waals surface area contributed by atoms with E-state index in [1.165, 1.54) is 6.92 Å². The largest absolute Gasteiger partial charge is 0.489 e. The van der Waals surface area contributed by atoms with Crippen LogP contribution in [0, 0.1) is 6.92 Å². The van der Waals surface area contributed by atoms with Gasteiger partial charge in [0.1, 0.15) is 24.7 Å². The molecule has 2 aromatic rings. The molecule has 0 atom stereocenters. The van der Waals surface area contributed by atoms with Crippen LogP contribution in [0.15, 0.2) is 60.5 Å². The summed E-state index contributed by atoms with van der Waals surface area (Å²) in [4.78, 5) is 11.8. The third-order valence-electron chi connectivity index (χ3n) is 3.92. The fraction of sp³-hybridized carbons (Fsp3) is 0.273. The highest BCUT2D eigenvalue weighted by Gasteiger charge is 2.09. The van der Waals surface area contributed by atoms with Crippen molar-refractivity contribution in [2.24, 2.45) is 7.05 Å². The SMILES string of the molecule is C=CCO/C(=C/C(=C)SCc1cc(COC(C)=O)nn1C)c1ccccc1C. The van der Waals surface area contributed by atoms with E-state index in [9.17, 15) is 4.79 Å². The van der Waals surface area contributed by atoms with Crippen LogP contribution >= 0.6 is 11.8 Å². The Balaban J connectivity index is 2.06. The Labute approximate surface area is 170 Å². The van der Waals surface area contributed by atoms with Crippen molar-refractivity contribution >= 4 is 23.5 Å². The second-order valence-electron chi connectivity index (χ2n) is 6.21. The molecule has 0 bridgehead atoms. The molecule has 1 aromatic carbocycles. The number of thioether (sulfide) groups is 1. The van der Waals surface area contributed by atoms with Crippen molar-refractivity contribution in [3.05, 3.63) is 83.1 Å². The number of esters is 1. The number of aryl methyl sites for hydroxylation is 2. The molecular weight excluding hydrogens is 372 g/mol. The van der Waals surface area contributed by atoms with E-state index in [0.29, 0.717) is 12.4 Å². The molecule has 0 unspecified atom stereocenters. The van der Waals surface area contributed by atoms with E-state index in [2.05, 4.69) is 31.2 Å². The lowest BCUT2D eigenvalue weighted by molar-refractivity contribution is -0.142. The van der Waals surface area contributed by atoms with Gasteiger partial charge in [0.05, 0.1) is 0 Å².